The van der Waals surface area contributed by atoms with E-state index in [1.807, 2.05) is 60.7 Å². The van der Waals surface area contributed by atoms with E-state index in [1.54, 1.807) is 4.68 Å². The molecule has 0 bridgehead atoms. The lowest BCUT2D eigenvalue weighted by molar-refractivity contribution is 0.212. The van der Waals surface area contributed by atoms with Crippen molar-refractivity contribution >= 4 is 11.7 Å². The van der Waals surface area contributed by atoms with E-state index in [-0.39, 0.29) is 6.03 Å². The lowest BCUT2D eigenvalue weighted by atomic mass is 10.1. The molecule has 5 heteroatoms. The Morgan fingerprint density at radius 2 is 1.67 bits per heavy atom. The third-order valence-electron chi connectivity index (χ3n) is 4.30. The van der Waals surface area contributed by atoms with Crippen LogP contribution >= 0.6 is 0 Å². The Labute approximate surface area is 140 Å². The number of amides is 2. The summed E-state index contributed by atoms with van der Waals surface area (Å²) in [7, 11) is 1.89. The zero-order valence-corrected chi connectivity index (χ0v) is 13.4. The van der Waals surface area contributed by atoms with Crippen LogP contribution in [0.25, 0.3) is 11.1 Å². The van der Waals surface area contributed by atoms with Crippen LogP contribution in [0.4, 0.5) is 10.5 Å². The fourth-order valence-electron chi connectivity index (χ4n) is 3.00. The van der Waals surface area contributed by atoms with E-state index in [2.05, 4.69) is 22.5 Å². The van der Waals surface area contributed by atoms with Crippen molar-refractivity contribution in [3.05, 3.63) is 72.1 Å². The predicted octanol–water partition coefficient (Wildman–Crippen LogP) is 3.63. The lowest BCUT2D eigenvalue weighted by Crippen LogP contribution is -2.30. The maximum atomic E-state index is 12.4. The van der Waals surface area contributed by atoms with Crippen LogP contribution in [0.1, 0.15) is 11.1 Å². The molecule has 0 atom stereocenters. The zero-order chi connectivity index (χ0) is 16.5. The van der Waals surface area contributed by atoms with Gasteiger partial charge in [-0.1, -0.05) is 36.4 Å². The van der Waals surface area contributed by atoms with Crippen molar-refractivity contribution in [2.75, 3.05) is 5.32 Å². The number of urea groups is 1. The first-order chi connectivity index (χ1) is 11.7. The lowest BCUT2D eigenvalue weighted by Gasteiger charge is -2.16. The molecular formula is C19H18N4O. The summed E-state index contributed by atoms with van der Waals surface area (Å²) in [6, 6.07) is 15.9. The Bertz CT molecular complexity index is 857. The molecule has 2 amide bonds. The number of hydrogen-bond acceptors (Lipinski definition) is 2. The highest BCUT2D eigenvalue weighted by molar-refractivity contribution is 5.90. The summed E-state index contributed by atoms with van der Waals surface area (Å²) in [6.45, 7) is 1.32. The molecule has 0 aliphatic carbocycles. The maximum absolute atomic E-state index is 12.4. The molecule has 3 aromatic rings. The SMILES string of the molecule is Cn1cc(-c2ccc(NC(=O)N3Cc4ccccc4C3)cc2)cn1. The first kappa shape index (κ1) is 14.5. The molecule has 0 spiro atoms. The van der Waals surface area contributed by atoms with Crippen LogP contribution in [0.15, 0.2) is 60.9 Å². The minimum absolute atomic E-state index is 0.0691. The van der Waals surface area contributed by atoms with Crippen LogP contribution in [0, 0.1) is 0 Å². The number of aromatic nitrogens is 2. The smallest absolute Gasteiger partial charge is 0.316 e. The Kier molecular flexibility index (Phi) is 3.54. The number of aryl methyl sites for hydroxylation is 1. The minimum Gasteiger partial charge on any atom is -0.316 e. The van der Waals surface area contributed by atoms with E-state index in [0.717, 1.165) is 16.8 Å². The van der Waals surface area contributed by atoms with Crippen molar-refractivity contribution in [1.82, 2.24) is 14.7 Å². The Morgan fingerprint density at radius 3 is 2.25 bits per heavy atom. The predicted molar refractivity (Wildman–Crippen MR) is 93.4 cm³/mol. The van der Waals surface area contributed by atoms with Gasteiger partial charge in [0.1, 0.15) is 0 Å². The van der Waals surface area contributed by atoms with Crippen molar-refractivity contribution in [3.63, 3.8) is 0 Å². The first-order valence-electron chi connectivity index (χ1n) is 7.91. The molecule has 0 radical (unpaired) electrons. The van der Waals surface area contributed by atoms with Gasteiger partial charge in [0.2, 0.25) is 0 Å². The van der Waals surface area contributed by atoms with Gasteiger partial charge in [0.15, 0.2) is 0 Å². The molecule has 120 valence electrons. The number of nitrogens with one attached hydrogen (secondary N) is 1. The number of rotatable bonds is 2. The third kappa shape index (κ3) is 2.76. The molecular weight excluding hydrogens is 300 g/mol. The monoisotopic (exact) mass is 318 g/mol. The van der Waals surface area contributed by atoms with E-state index < -0.39 is 0 Å². The average Bonchev–Trinajstić information content (AvgIpc) is 3.21. The highest BCUT2D eigenvalue weighted by atomic mass is 16.2. The van der Waals surface area contributed by atoms with Crippen molar-refractivity contribution in [2.45, 2.75) is 13.1 Å². The summed E-state index contributed by atoms with van der Waals surface area (Å²) < 4.78 is 1.77. The van der Waals surface area contributed by atoms with Gasteiger partial charge >= 0.3 is 6.03 Å². The van der Waals surface area contributed by atoms with Crippen molar-refractivity contribution in [1.29, 1.82) is 0 Å². The Hall–Kier alpha value is -3.08. The second-order valence-electron chi connectivity index (χ2n) is 6.03. The van der Waals surface area contributed by atoms with Crippen LogP contribution in [0.2, 0.25) is 0 Å². The molecule has 2 aromatic carbocycles. The summed E-state index contributed by atoms with van der Waals surface area (Å²) in [5.41, 5.74) is 5.38. The van der Waals surface area contributed by atoms with Crippen molar-refractivity contribution < 1.29 is 4.79 Å². The van der Waals surface area contributed by atoms with Crippen LogP contribution in [0.5, 0.6) is 0 Å². The number of anilines is 1. The van der Waals surface area contributed by atoms with Gasteiger partial charge in [-0.2, -0.15) is 5.10 Å². The molecule has 1 aromatic heterocycles. The van der Waals surface area contributed by atoms with Gasteiger partial charge in [0.25, 0.3) is 0 Å². The maximum Gasteiger partial charge on any atom is 0.322 e. The van der Waals surface area contributed by atoms with Gasteiger partial charge in [-0.15, -0.1) is 0 Å². The van der Waals surface area contributed by atoms with Crippen LogP contribution in [-0.4, -0.2) is 20.7 Å². The molecule has 24 heavy (non-hydrogen) atoms. The molecule has 1 aliphatic rings. The second-order valence-corrected chi connectivity index (χ2v) is 6.03. The van der Waals surface area contributed by atoms with Crippen LogP contribution in [-0.2, 0) is 20.1 Å². The number of fused-ring (bicyclic) bond motifs is 1. The first-order valence-corrected chi connectivity index (χ1v) is 7.91. The summed E-state index contributed by atoms with van der Waals surface area (Å²) in [5.74, 6) is 0. The molecule has 2 heterocycles. The van der Waals surface area contributed by atoms with Gasteiger partial charge < -0.3 is 10.2 Å². The van der Waals surface area contributed by atoms with Crippen molar-refractivity contribution in [3.8, 4) is 11.1 Å². The molecule has 1 aliphatic heterocycles. The van der Waals surface area contributed by atoms with Gasteiger partial charge in [-0.05, 0) is 28.8 Å². The van der Waals surface area contributed by atoms with Crippen molar-refractivity contribution in [2.24, 2.45) is 7.05 Å². The fourth-order valence-corrected chi connectivity index (χ4v) is 3.00. The molecule has 5 nitrogen and oxygen atoms in total. The standard InChI is InChI=1S/C19H18N4O/c1-22-11-17(10-20-22)14-6-8-18(9-7-14)21-19(24)23-12-15-4-2-3-5-16(15)13-23/h2-11H,12-13H2,1H3,(H,21,24). The molecule has 1 N–H and O–H groups in total. The molecule has 4 rings (SSSR count). The molecule has 0 saturated carbocycles. The molecule has 0 fully saturated rings. The van der Waals surface area contributed by atoms with E-state index >= 15 is 0 Å². The Balaban J connectivity index is 1.43. The largest absolute Gasteiger partial charge is 0.322 e. The second kappa shape index (κ2) is 5.85. The van der Waals surface area contributed by atoms with Gasteiger partial charge in [0, 0.05) is 37.6 Å². The zero-order valence-electron chi connectivity index (χ0n) is 13.4. The quantitative estimate of drug-likeness (QED) is 0.784. The summed E-state index contributed by atoms with van der Waals surface area (Å²) in [5, 5.41) is 7.14. The highest BCUT2D eigenvalue weighted by Gasteiger charge is 2.22. The topological polar surface area (TPSA) is 50.2 Å². The third-order valence-corrected chi connectivity index (χ3v) is 4.30. The van der Waals surface area contributed by atoms with Gasteiger partial charge in [-0.3, -0.25) is 4.68 Å². The van der Waals surface area contributed by atoms with E-state index in [0.29, 0.717) is 13.1 Å². The fraction of sp³-hybridized carbons (Fsp3) is 0.158. The number of nitrogens with zero attached hydrogens (tertiary/aromatic N) is 3. The van der Waals surface area contributed by atoms with E-state index in [1.165, 1.54) is 11.1 Å². The Morgan fingerprint density at radius 1 is 1.00 bits per heavy atom. The average molecular weight is 318 g/mol. The number of carbonyl (C=O) groups excluding carboxylic acids is 1. The number of benzene rings is 2. The number of hydrogen-bond donors (Lipinski definition) is 1. The normalized spacial score (nSPS) is 13.0. The summed E-state index contributed by atoms with van der Waals surface area (Å²) >= 11 is 0. The number of carbonyl (C=O) groups is 1. The van der Waals surface area contributed by atoms with Crippen LogP contribution in [0.3, 0.4) is 0 Å². The van der Waals surface area contributed by atoms with E-state index in [9.17, 15) is 4.79 Å². The summed E-state index contributed by atoms with van der Waals surface area (Å²) in [6.07, 6.45) is 3.80. The molecule has 0 unspecified atom stereocenters. The minimum atomic E-state index is -0.0691. The van der Waals surface area contributed by atoms with Crippen LogP contribution < -0.4 is 5.32 Å². The van der Waals surface area contributed by atoms with Gasteiger partial charge in [-0.25, -0.2) is 4.79 Å². The van der Waals surface area contributed by atoms with E-state index in [4.69, 9.17) is 0 Å². The van der Waals surface area contributed by atoms with Gasteiger partial charge in [0.05, 0.1) is 6.20 Å². The summed E-state index contributed by atoms with van der Waals surface area (Å²) in [4.78, 5) is 14.3. The molecule has 0 saturated heterocycles. The highest BCUT2D eigenvalue weighted by Crippen LogP contribution is 2.24.